The van der Waals surface area contributed by atoms with Crippen molar-refractivity contribution in [3.05, 3.63) is 63.6 Å². The first-order chi connectivity index (χ1) is 12.5. The average molecular weight is 414 g/mol. The summed E-state index contributed by atoms with van der Waals surface area (Å²) >= 11 is 3.39. The number of nitrogens with zero attached hydrogens (tertiary/aromatic N) is 1. The van der Waals surface area contributed by atoms with Gasteiger partial charge in [0.15, 0.2) is 5.78 Å². The molecule has 5 heteroatoms. The van der Waals surface area contributed by atoms with Gasteiger partial charge < -0.3 is 9.64 Å². The lowest BCUT2D eigenvalue weighted by Crippen LogP contribution is -2.52. The minimum Gasteiger partial charge on any atom is -0.486 e. The number of carbonyl (C=O) groups excluding carboxylic acids is 2. The standard InChI is InChI=1S/C21H20BrNO3/c1-14-2-7-19-17(12-14)18(24)13-21(26-19)8-10-23(11-9-21)20(25)15-3-5-16(22)6-4-15/h2-7,12H,8-11,13H2,1H3. The van der Waals surface area contributed by atoms with Gasteiger partial charge in [-0.15, -0.1) is 0 Å². The summed E-state index contributed by atoms with van der Waals surface area (Å²) in [6.45, 7) is 3.18. The highest BCUT2D eigenvalue weighted by Gasteiger charge is 2.43. The molecule has 2 aromatic carbocycles. The summed E-state index contributed by atoms with van der Waals surface area (Å²) in [5, 5.41) is 0. The van der Waals surface area contributed by atoms with E-state index in [1.807, 2.05) is 54.3 Å². The molecule has 2 aliphatic rings. The number of piperidine rings is 1. The Hall–Kier alpha value is -2.14. The van der Waals surface area contributed by atoms with Crippen LogP contribution in [0.3, 0.4) is 0 Å². The Morgan fingerprint density at radius 2 is 1.81 bits per heavy atom. The molecule has 2 heterocycles. The predicted molar refractivity (Wildman–Crippen MR) is 103 cm³/mol. The van der Waals surface area contributed by atoms with Gasteiger partial charge in [-0.1, -0.05) is 27.6 Å². The Bertz CT molecular complexity index is 867. The van der Waals surface area contributed by atoms with E-state index in [4.69, 9.17) is 4.74 Å². The van der Waals surface area contributed by atoms with Gasteiger partial charge in [0.2, 0.25) is 0 Å². The van der Waals surface area contributed by atoms with Crippen LogP contribution >= 0.6 is 15.9 Å². The van der Waals surface area contributed by atoms with Crippen LogP contribution in [0.15, 0.2) is 46.9 Å². The molecule has 0 N–H and O–H groups in total. The number of Topliss-reactive ketones (excluding diaryl/α,β-unsaturated/α-hetero) is 1. The fourth-order valence-corrected chi connectivity index (χ4v) is 4.04. The Labute approximate surface area is 161 Å². The summed E-state index contributed by atoms with van der Waals surface area (Å²) < 4.78 is 7.22. The van der Waals surface area contributed by atoms with Crippen molar-refractivity contribution < 1.29 is 14.3 Å². The highest BCUT2D eigenvalue weighted by molar-refractivity contribution is 9.10. The van der Waals surface area contributed by atoms with Gasteiger partial charge in [-0.05, 0) is 43.3 Å². The lowest BCUT2D eigenvalue weighted by atomic mass is 9.82. The van der Waals surface area contributed by atoms with Gasteiger partial charge in [0.25, 0.3) is 5.91 Å². The summed E-state index contributed by atoms with van der Waals surface area (Å²) in [7, 11) is 0. The number of rotatable bonds is 1. The molecule has 0 saturated carbocycles. The Balaban J connectivity index is 1.48. The molecular weight excluding hydrogens is 394 g/mol. The van der Waals surface area contributed by atoms with E-state index < -0.39 is 5.60 Å². The summed E-state index contributed by atoms with van der Waals surface area (Å²) in [5.41, 5.74) is 1.96. The van der Waals surface area contributed by atoms with E-state index >= 15 is 0 Å². The number of amides is 1. The van der Waals surface area contributed by atoms with Crippen LogP contribution in [0.2, 0.25) is 0 Å². The zero-order valence-electron chi connectivity index (χ0n) is 14.6. The zero-order chi connectivity index (χ0) is 18.3. The maximum absolute atomic E-state index is 12.7. The number of benzene rings is 2. The molecule has 4 rings (SSSR count). The van der Waals surface area contributed by atoms with Crippen LogP contribution in [-0.4, -0.2) is 35.3 Å². The fourth-order valence-electron chi connectivity index (χ4n) is 3.78. The quantitative estimate of drug-likeness (QED) is 0.695. The first-order valence-electron chi connectivity index (χ1n) is 8.84. The molecule has 26 heavy (non-hydrogen) atoms. The van der Waals surface area contributed by atoms with E-state index in [0.29, 0.717) is 49.2 Å². The number of hydrogen-bond acceptors (Lipinski definition) is 3. The molecule has 4 nitrogen and oxygen atoms in total. The normalized spacial score (nSPS) is 18.4. The van der Waals surface area contributed by atoms with Crippen LogP contribution in [-0.2, 0) is 0 Å². The molecule has 0 aromatic heterocycles. The smallest absolute Gasteiger partial charge is 0.253 e. The second-order valence-electron chi connectivity index (χ2n) is 7.18. The first kappa shape index (κ1) is 17.3. The molecule has 2 aromatic rings. The maximum Gasteiger partial charge on any atom is 0.253 e. The van der Waals surface area contributed by atoms with Crippen LogP contribution in [0.4, 0.5) is 0 Å². The molecule has 1 fully saturated rings. The lowest BCUT2D eigenvalue weighted by Gasteiger charge is -2.44. The third-order valence-corrected chi connectivity index (χ3v) is 5.83. The maximum atomic E-state index is 12.7. The highest BCUT2D eigenvalue weighted by Crippen LogP contribution is 2.39. The van der Waals surface area contributed by atoms with Gasteiger partial charge in [0.1, 0.15) is 11.4 Å². The van der Waals surface area contributed by atoms with Gasteiger partial charge in [0.05, 0.1) is 12.0 Å². The number of hydrogen-bond donors (Lipinski definition) is 0. The molecule has 1 spiro atoms. The third kappa shape index (κ3) is 3.16. The Kier molecular flexibility index (Phi) is 4.35. The fraction of sp³-hybridized carbons (Fsp3) is 0.333. The summed E-state index contributed by atoms with van der Waals surface area (Å²) in [6, 6.07) is 13.2. The van der Waals surface area contributed by atoms with Crippen molar-refractivity contribution in [1.82, 2.24) is 4.90 Å². The Morgan fingerprint density at radius 3 is 2.50 bits per heavy atom. The minimum atomic E-state index is -0.476. The summed E-state index contributed by atoms with van der Waals surface area (Å²) in [4.78, 5) is 27.2. The second kappa shape index (κ2) is 6.54. The van der Waals surface area contributed by atoms with E-state index in [0.717, 1.165) is 10.0 Å². The molecule has 0 unspecified atom stereocenters. The molecule has 1 saturated heterocycles. The second-order valence-corrected chi connectivity index (χ2v) is 8.10. The number of fused-ring (bicyclic) bond motifs is 1. The first-order valence-corrected chi connectivity index (χ1v) is 9.63. The van der Waals surface area contributed by atoms with Gasteiger partial charge in [0, 0.05) is 36.0 Å². The number of ketones is 1. The third-order valence-electron chi connectivity index (χ3n) is 5.30. The Morgan fingerprint density at radius 1 is 1.12 bits per heavy atom. The number of carbonyl (C=O) groups is 2. The molecular formula is C21H20BrNO3. The van der Waals surface area contributed by atoms with Crippen molar-refractivity contribution >= 4 is 27.6 Å². The van der Waals surface area contributed by atoms with Crippen molar-refractivity contribution in [3.63, 3.8) is 0 Å². The van der Waals surface area contributed by atoms with Crippen LogP contribution < -0.4 is 4.74 Å². The molecule has 134 valence electrons. The van der Waals surface area contributed by atoms with E-state index in [1.165, 1.54) is 0 Å². The van der Waals surface area contributed by atoms with Crippen molar-refractivity contribution in [2.24, 2.45) is 0 Å². The van der Waals surface area contributed by atoms with Gasteiger partial charge in [-0.3, -0.25) is 9.59 Å². The monoisotopic (exact) mass is 413 g/mol. The SMILES string of the molecule is Cc1ccc2c(c1)C(=O)CC1(CCN(C(=O)c3ccc(Br)cc3)CC1)O2. The van der Waals surface area contributed by atoms with Gasteiger partial charge in [-0.2, -0.15) is 0 Å². The van der Waals surface area contributed by atoms with Crippen molar-refractivity contribution in [2.45, 2.75) is 31.8 Å². The summed E-state index contributed by atoms with van der Waals surface area (Å²) in [5.74, 6) is 0.854. The predicted octanol–water partition coefficient (Wildman–Crippen LogP) is 4.40. The minimum absolute atomic E-state index is 0.0329. The number of aryl methyl sites for hydroxylation is 1. The van der Waals surface area contributed by atoms with Crippen LogP contribution in [0.25, 0.3) is 0 Å². The van der Waals surface area contributed by atoms with E-state index in [1.54, 1.807) is 0 Å². The topological polar surface area (TPSA) is 46.6 Å². The lowest BCUT2D eigenvalue weighted by molar-refractivity contribution is -0.00572. The molecule has 0 bridgehead atoms. The largest absolute Gasteiger partial charge is 0.486 e. The molecule has 0 radical (unpaired) electrons. The van der Waals surface area contributed by atoms with Crippen LogP contribution in [0.5, 0.6) is 5.75 Å². The van der Waals surface area contributed by atoms with Crippen LogP contribution in [0, 0.1) is 6.92 Å². The van der Waals surface area contributed by atoms with E-state index in [9.17, 15) is 9.59 Å². The molecule has 2 aliphatic heterocycles. The van der Waals surface area contributed by atoms with E-state index in [2.05, 4.69) is 15.9 Å². The molecule has 0 atom stereocenters. The summed E-state index contributed by atoms with van der Waals surface area (Å²) in [6.07, 6.45) is 1.74. The van der Waals surface area contributed by atoms with Crippen molar-refractivity contribution in [2.75, 3.05) is 13.1 Å². The van der Waals surface area contributed by atoms with Crippen molar-refractivity contribution in [1.29, 1.82) is 0 Å². The zero-order valence-corrected chi connectivity index (χ0v) is 16.2. The number of ether oxygens (including phenoxy) is 1. The average Bonchev–Trinajstić information content (AvgIpc) is 2.63. The van der Waals surface area contributed by atoms with Crippen LogP contribution in [0.1, 0.15) is 45.5 Å². The van der Waals surface area contributed by atoms with E-state index in [-0.39, 0.29) is 11.7 Å². The highest BCUT2D eigenvalue weighted by atomic mass is 79.9. The number of halogens is 1. The number of likely N-dealkylation sites (tertiary alicyclic amines) is 1. The molecule has 1 amide bonds. The van der Waals surface area contributed by atoms with Gasteiger partial charge >= 0.3 is 0 Å². The van der Waals surface area contributed by atoms with Crippen molar-refractivity contribution in [3.8, 4) is 5.75 Å². The van der Waals surface area contributed by atoms with Gasteiger partial charge in [-0.25, -0.2) is 0 Å². The molecule has 0 aliphatic carbocycles.